The van der Waals surface area contributed by atoms with Crippen LogP contribution in [0.2, 0.25) is 0 Å². The molecule has 0 heterocycles. The summed E-state index contributed by atoms with van der Waals surface area (Å²) in [5, 5.41) is 9.40. The zero-order chi connectivity index (χ0) is 11.8. The van der Waals surface area contributed by atoms with Gasteiger partial charge in [0.2, 0.25) is 0 Å². The molecule has 0 unspecified atom stereocenters. The van der Waals surface area contributed by atoms with E-state index in [9.17, 15) is 18.3 Å². The Bertz CT molecular complexity index is 422. The Hall–Kier alpha value is -1.52. The number of benzene rings is 1. The van der Waals surface area contributed by atoms with E-state index in [0.717, 1.165) is 18.9 Å². The van der Waals surface area contributed by atoms with Crippen LogP contribution in [0.4, 0.5) is 13.2 Å². The lowest BCUT2D eigenvalue weighted by molar-refractivity contribution is -0.137. The Morgan fingerprint density at radius 1 is 1.31 bits per heavy atom. The van der Waals surface area contributed by atoms with Crippen molar-refractivity contribution in [3.8, 4) is 5.75 Å². The fourth-order valence-corrected chi connectivity index (χ4v) is 1.24. The van der Waals surface area contributed by atoms with Gasteiger partial charge < -0.3 is 5.11 Å². The monoisotopic (exact) mass is 229 g/mol. The van der Waals surface area contributed by atoms with E-state index in [0.29, 0.717) is 11.6 Å². The lowest BCUT2D eigenvalue weighted by Gasteiger charge is -2.07. The quantitative estimate of drug-likeness (QED) is 0.777. The van der Waals surface area contributed by atoms with Crippen LogP contribution in [0, 0.1) is 0 Å². The molecule has 1 aliphatic carbocycles. The van der Waals surface area contributed by atoms with E-state index in [1.165, 1.54) is 12.3 Å². The summed E-state index contributed by atoms with van der Waals surface area (Å²) in [6.07, 6.45) is -0.980. The minimum absolute atomic E-state index is 0.279. The highest BCUT2D eigenvalue weighted by atomic mass is 19.4. The fraction of sp³-hybridized carbons (Fsp3) is 0.364. The van der Waals surface area contributed by atoms with Crippen LogP contribution in [0.3, 0.4) is 0 Å². The second-order valence-corrected chi connectivity index (χ2v) is 3.78. The highest BCUT2D eigenvalue weighted by Crippen LogP contribution is 2.32. The van der Waals surface area contributed by atoms with Crippen molar-refractivity contribution in [1.29, 1.82) is 0 Å². The summed E-state index contributed by atoms with van der Waals surface area (Å²) in [5.74, 6) is -0.390. The van der Waals surface area contributed by atoms with Gasteiger partial charge in [0.05, 0.1) is 11.6 Å². The summed E-state index contributed by atoms with van der Waals surface area (Å²) >= 11 is 0. The number of alkyl halides is 3. The maximum absolute atomic E-state index is 12.3. The first kappa shape index (κ1) is 11.0. The molecule has 2 rings (SSSR count). The Balaban J connectivity index is 2.22. The molecule has 0 radical (unpaired) electrons. The van der Waals surface area contributed by atoms with Crippen LogP contribution < -0.4 is 0 Å². The first-order valence-electron chi connectivity index (χ1n) is 4.90. The lowest BCUT2D eigenvalue weighted by Crippen LogP contribution is -2.04. The number of rotatable bonds is 2. The molecule has 16 heavy (non-hydrogen) atoms. The molecule has 1 fully saturated rings. The molecule has 1 aromatic carbocycles. The Morgan fingerprint density at radius 2 is 2.00 bits per heavy atom. The third-order valence-electron chi connectivity index (χ3n) is 2.33. The highest BCUT2D eigenvalue weighted by molar-refractivity contribution is 5.83. The van der Waals surface area contributed by atoms with Gasteiger partial charge in [-0.25, -0.2) is 0 Å². The number of aromatic hydroxyl groups is 1. The van der Waals surface area contributed by atoms with Crippen LogP contribution in [0.15, 0.2) is 23.2 Å². The van der Waals surface area contributed by atoms with E-state index < -0.39 is 11.7 Å². The van der Waals surface area contributed by atoms with Crippen molar-refractivity contribution in [3.05, 3.63) is 29.3 Å². The van der Waals surface area contributed by atoms with Gasteiger partial charge in [0, 0.05) is 11.8 Å². The lowest BCUT2D eigenvalue weighted by atomic mass is 10.1. The first-order valence-corrected chi connectivity index (χ1v) is 4.90. The third kappa shape index (κ3) is 2.53. The average Bonchev–Trinajstić information content (AvgIpc) is 2.98. The Morgan fingerprint density at radius 3 is 2.50 bits per heavy atom. The zero-order valence-electron chi connectivity index (χ0n) is 8.33. The van der Waals surface area contributed by atoms with E-state index in [4.69, 9.17) is 0 Å². The van der Waals surface area contributed by atoms with E-state index in [1.54, 1.807) is 0 Å². The molecule has 0 aliphatic heterocycles. The summed E-state index contributed by atoms with van der Waals surface area (Å²) < 4.78 is 36.8. The molecule has 1 saturated carbocycles. The summed E-state index contributed by atoms with van der Waals surface area (Å²) in [5.41, 5.74) is -0.534. The molecule has 0 saturated heterocycles. The van der Waals surface area contributed by atoms with Crippen LogP contribution in [-0.4, -0.2) is 17.4 Å². The van der Waals surface area contributed by atoms with Crippen LogP contribution in [0.1, 0.15) is 24.0 Å². The van der Waals surface area contributed by atoms with Gasteiger partial charge in [0.15, 0.2) is 0 Å². The number of hydrogen-bond donors (Lipinski definition) is 1. The van der Waals surface area contributed by atoms with Crippen LogP contribution >= 0.6 is 0 Å². The van der Waals surface area contributed by atoms with Crippen molar-refractivity contribution in [3.63, 3.8) is 0 Å². The van der Waals surface area contributed by atoms with Gasteiger partial charge in [-0.3, -0.25) is 4.99 Å². The molecule has 5 heteroatoms. The number of halogens is 3. The molecule has 0 atom stereocenters. The number of nitrogens with zero attached hydrogens (tertiary/aromatic N) is 1. The number of aliphatic imine (C=N–C) groups is 1. The van der Waals surface area contributed by atoms with Gasteiger partial charge in [-0.05, 0) is 31.0 Å². The predicted octanol–water partition coefficient (Wildman–Crippen LogP) is 2.99. The number of hydrogen-bond acceptors (Lipinski definition) is 2. The second-order valence-electron chi connectivity index (χ2n) is 3.78. The van der Waals surface area contributed by atoms with Crippen molar-refractivity contribution in [2.45, 2.75) is 25.1 Å². The minimum atomic E-state index is -4.43. The highest BCUT2D eigenvalue weighted by Gasteiger charge is 2.31. The van der Waals surface area contributed by atoms with Crippen molar-refractivity contribution >= 4 is 6.21 Å². The molecule has 0 amide bonds. The summed E-state index contributed by atoms with van der Waals surface area (Å²) in [4.78, 5) is 4.09. The molecule has 0 spiro atoms. The molecule has 1 aliphatic rings. The van der Waals surface area contributed by atoms with Gasteiger partial charge in [-0.1, -0.05) is 0 Å². The molecule has 1 aromatic rings. The smallest absolute Gasteiger partial charge is 0.416 e. The van der Waals surface area contributed by atoms with E-state index >= 15 is 0 Å². The molecule has 2 nitrogen and oxygen atoms in total. The van der Waals surface area contributed by atoms with Gasteiger partial charge in [0.25, 0.3) is 0 Å². The Kier molecular flexibility index (Phi) is 2.61. The Labute approximate surface area is 90.4 Å². The van der Waals surface area contributed by atoms with Gasteiger partial charge in [-0.2, -0.15) is 13.2 Å². The normalized spacial score (nSPS) is 16.9. The topological polar surface area (TPSA) is 32.6 Å². The maximum Gasteiger partial charge on any atom is 0.416 e. The molecule has 86 valence electrons. The van der Waals surface area contributed by atoms with Gasteiger partial charge in [0.1, 0.15) is 5.75 Å². The van der Waals surface area contributed by atoms with Crippen molar-refractivity contribution < 1.29 is 18.3 Å². The minimum Gasteiger partial charge on any atom is -0.507 e. The average molecular weight is 229 g/mol. The van der Waals surface area contributed by atoms with Crippen molar-refractivity contribution in [1.82, 2.24) is 0 Å². The zero-order valence-corrected chi connectivity index (χ0v) is 8.33. The molecular weight excluding hydrogens is 219 g/mol. The molecule has 1 N–H and O–H groups in total. The maximum atomic E-state index is 12.3. The van der Waals surface area contributed by atoms with Gasteiger partial charge >= 0.3 is 6.18 Å². The van der Waals surface area contributed by atoms with E-state index in [2.05, 4.69) is 4.99 Å². The second kappa shape index (κ2) is 3.81. The van der Waals surface area contributed by atoms with Gasteiger partial charge in [-0.15, -0.1) is 0 Å². The molecule has 0 bridgehead atoms. The first-order chi connectivity index (χ1) is 7.47. The number of phenols is 1. The third-order valence-corrected chi connectivity index (χ3v) is 2.33. The van der Waals surface area contributed by atoms with Crippen LogP contribution in [0.5, 0.6) is 5.75 Å². The largest absolute Gasteiger partial charge is 0.507 e. The number of phenolic OH excluding ortho intramolecular Hbond substituents is 1. The van der Waals surface area contributed by atoms with E-state index in [1.807, 2.05) is 0 Å². The predicted molar refractivity (Wildman–Crippen MR) is 53.7 cm³/mol. The van der Waals surface area contributed by atoms with E-state index in [-0.39, 0.29) is 11.8 Å². The summed E-state index contributed by atoms with van der Waals surface area (Å²) in [6.45, 7) is 0. The fourth-order valence-electron chi connectivity index (χ4n) is 1.24. The molecular formula is C11H10F3NO. The van der Waals surface area contributed by atoms with Crippen molar-refractivity contribution in [2.75, 3.05) is 0 Å². The molecule has 0 aromatic heterocycles. The van der Waals surface area contributed by atoms with Crippen LogP contribution in [0.25, 0.3) is 0 Å². The SMILES string of the molecule is Oc1cc(C(F)(F)F)ccc1C=NC1CC1. The van der Waals surface area contributed by atoms with Crippen molar-refractivity contribution in [2.24, 2.45) is 4.99 Å². The summed E-state index contributed by atoms with van der Waals surface area (Å²) in [6, 6.07) is 3.16. The van der Waals surface area contributed by atoms with Crippen LogP contribution in [-0.2, 0) is 6.18 Å². The standard InChI is InChI=1S/C11H10F3NO/c12-11(13,14)8-2-1-7(10(16)5-8)6-15-9-3-4-9/h1-2,5-6,9,16H,3-4H2. The summed E-state index contributed by atoms with van der Waals surface area (Å²) in [7, 11) is 0.